The fourth-order valence-electron chi connectivity index (χ4n) is 1.47. The molecule has 0 atom stereocenters. The maximum Gasteiger partial charge on any atom is 0.329 e. The highest BCUT2D eigenvalue weighted by Gasteiger charge is 2.04. The Hall–Kier alpha value is -1.55. The van der Waals surface area contributed by atoms with E-state index < -0.39 is 0 Å². The lowest BCUT2D eigenvalue weighted by molar-refractivity contribution is 0.241. The molecule has 4 N–H and O–H groups in total. The molecule has 4 heteroatoms. The van der Waals surface area contributed by atoms with Gasteiger partial charge in [0.05, 0.1) is 0 Å². The van der Waals surface area contributed by atoms with Gasteiger partial charge in [-0.15, -0.1) is 0 Å². The van der Waals surface area contributed by atoms with E-state index in [2.05, 4.69) is 37.4 Å². The van der Waals surface area contributed by atoms with Crippen LogP contribution in [0.1, 0.15) is 36.5 Å². The smallest absolute Gasteiger partial charge is 0.329 e. The number of hydrogen-bond acceptors (Lipinski definition) is 2. The molecule has 0 aromatic heterocycles. The van der Waals surface area contributed by atoms with E-state index in [1.54, 1.807) is 0 Å². The molecular formula is C12H19N3O. The molecule has 1 aromatic rings. The zero-order chi connectivity index (χ0) is 12.1. The quantitative estimate of drug-likeness (QED) is 0.414. The van der Waals surface area contributed by atoms with Crippen LogP contribution in [0.15, 0.2) is 18.2 Å². The Morgan fingerprint density at radius 1 is 1.44 bits per heavy atom. The second-order valence-corrected chi connectivity index (χ2v) is 4.17. The highest BCUT2D eigenvalue weighted by molar-refractivity contribution is 5.73. The van der Waals surface area contributed by atoms with Crippen LogP contribution >= 0.6 is 0 Å². The molecule has 0 radical (unpaired) electrons. The predicted molar refractivity (Wildman–Crippen MR) is 64.8 cm³/mol. The number of urea groups is 1. The molecule has 0 heterocycles. The minimum atomic E-state index is -0.366. The van der Waals surface area contributed by atoms with E-state index in [1.807, 2.05) is 12.3 Å². The van der Waals surface area contributed by atoms with Gasteiger partial charge in [-0.2, -0.15) is 0 Å². The summed E-state index contributed by atoms with van der Waals surface area (Å²) in [6, 6.07) is 5.95. The summed E-state index contributed by atoms with van der Waals surface area (Å²) >= 11 is 0. The Balaban J connectivity index is 2.78. The number of rotatable bonds is 3. The van der Waals surface area contributed by atoms with Crippen LogP contribution in [0.2, 0.25) is 0 Å². The molecule has 16 heavy (non-hydrogen) atoms. The van der Waals surface area contributed by atoms with Gasteiger partial charge in [0.1, 0.15) is 0 Å². The van der Waals surface area contributed by atoms with Crippen LogP contribution in [0.4, 0.5) is 4.79 Å². The van der Waals surface area contributed by atoms with E-state index in [0.717, 1.165) is 5.56 Å². The lowest BCUT2D eigenvalue weighted by atomic mass is 9.98. The molecule has 0 aliphatic rings. The average molecular weight is 221 g/mol. The summed E-state index contributed by atoms with van der Waals surface area (Å²) in [6.45, 7) is 6.82. The average Bonchev–Trinajstić information content (AvgIpc) is 2.27. The Morgan fingerprint density at radius 2 is 2.12 bits per heavy atom. The van der Waals surface area contributed by atoms with E-state index in [9.17, 15) is 4.79 Å². The van der Waals surface area contributed by atoms with Gasteiger partial charge in [0.25, 0.3) is 0 Å². The second kappa shape index (κ2) is 5.51. The van der Waals surface area contributed by atoms with Gasteiger partial charge >= 0.3 is 6.03 Å². The highest BCUT2D eigenvalue weighted by Crippen LogP contribution is 2.18. The summed E-state index contributed by atoms with van der Waals surface area (Å²) in [6.07, 6.45) is 0. The predicted octanol–water partition coefficient (Wildman–Crippen LogP) is 1.79. The van der Waals surface area contributed by atoms with Crippen LogP contribution in [-0.4, -0.2) is 6.03 Å². The molecule has 1 rings (SSSR count). The molecule has 0 saturated carbocycles. The third-order valence-corrected chi connectivity index (χ3v) is 2.61. The lowest BCUT2D eigenvalue weighted by Crippen LogP contribution is -2.39. The molecule has 0 fully saturated rings. The summed E-state index contributed by atoms with van der Waals surface area (Å²) < 4.78 is 0. The first-order valence-electron chi connectivity index (χ1n) is 5.38. The van der Waals surface area contributed by atoms with Crippen molar-refractivity contribution in [1.29, 1.82) is 0 Å². The van der Waals surface area contributed by atoms with Crippen LogP contribution in [0.25, 0.3) is 0 Å². The molecule has 4 nitrogen and oxygen atoms in total. The number of nitrogens with two attached hydrogens (primary N) is 1. The van der Waals surface area contributed by atoms with Crippen molar-refractivity contribution in [3.8, 4) is 0 Å². The van der Waals surface area contributed by atoms with Crippen LogP contribution in [0.5, 0.6) is 0 Å². The van der Waals surface area contributed by atoms with Crippen molar-refractivity contribution < 1.29 is 4.79 Å². The van der Waals surface area contributed by atoms with Gasteiger partial charge in [-0.1, -0.05) is 32.0 Å². The Morgan fingerprint density at radius 3 is 2.69 bits per heavy atom. The van der Waals surface area contributed by atoms with Crippen LogP contribution in [0, 0.1) is 6.92 Å². The molecular weight excluding hydrogens is 202 g/mol. The molecule has 2 amide bonds. The van der Waals surface area contributed by atoms with Crippen molar-refractivity contribution in [2.75, 3.05) is 0 Å². The molecule has 1 aromatic carbocycles. The third kappa shape index (κ3) is 3.24. The third-order valence-electron chi connectivity index (χ3n) is 2.61. The topological polar surface area (TPSA) is 67.2 Å². The number of amides is 2. The summed E-state index contributed by atoms with van der Waals surface area (Å²) in [5.74, 6) is 5.48. The number of hydrazine groups is 1. The lowest BCUT2D eigenvalue weighted by Gasteiger charge is -2.12. The number of aryl methyl sites for hydroxylation is 1. The second-order valence-electron chi connectivity index (χ2n) is 4.17. The van der Waals surface area contributed by atoms with Gasteiger partial charge in [0.15, 0.2) is 0 Å². The standard InChI is InChI=1S/C12H19N3O/c1-8(2)10-5-4-9(3)11(6-10)7-14-12(16)15-13/h4-6,8H,7,13H2,1-3H3,(H2,14,15,16). The van der Waals surface area contributed by atoms with E-state index in [0.29, 0.717) is 12.5 Å². The van der Waals surface area contributed by atoms with Crippen molar-refractivity contribution in [3.05, 3.63) is 34.9 Å². The normalized spacial score (nSPS) is 10.3. The monoisotopic (exact) mass is 221 g/mol. The van der Waals surface area contributed by atoms with Crippen LogP contribution in [-0.2, 0) is 6.54 Å². The number of nitrogens with one attached hydrogen (secondary N) is 2. The highest BCUT2D eigenvalue weighted by atomic mass is 16.2. The molecule has 0 saturated heterocycles. The van der Waals surface area contributed by atoms with Crippen molar-refractivity contribution >= 4 is 6.03 Å². The number of benzene rings is 1. The first-order valence-corrected chi connectivity index (χ1v) is 5.38. The van der Waals surface area contributed by atoms with Gasteiger partial charge in [-0.25, -0.2) is 10.6 Å². The van der Waals surface area contributed by atoms with Crippen LogP contribution in [0.3, 0.4) is 0 Å². The molecule has 0 bridgehead atoms. The van der Waals surface area contributed by atoms with E-state index in [1.165, 1.54) is 11.1 Å². The summed E-state index contributed by atoms with van der Waals surface area (Å²) in [4.78, 5) is 11.0. The first-order chi connectivity index (χ1) is 7.54. The molecule has 0 unspecified atom stereocenters. The molecule has 0 spiro atoms. The van der Waals surface area contributed by atoms with Gasteiger partial charge in [0, 0.05) is 6.54 Å². The number of hydrogen-bond donors (Lipinski definition) is 3. The van der Waals surface area contributed by atoms with E-state index >= 15 is 0 Å². The van der Waals surface area contributed by atoms with Gasteiger partial charge < -0.3 is 5.32 Å². The maximum atomic E-state index is 11.0. The Kier molecular flexibility index (Phi) is 4.31. The number of carbonyl (C=O) groups excluding carboxylic acids is 1. The van der Waals surface area contributed by atoms with Crippen molar-refractivity contribution in [2.45, 2.75) is 33.2 Å². The van der Waals surface area contributed by atoms with Gasteiger partial charge in [-0.3, -0.25) is 5.43 Å². The molecule has 0 aliphatic heterocycles. The molecule has 0 aliphatic carbocycles. The van der Waals surface area contributed by atoms with E-state index in [4.69, 9.17) is 5.84 Å². The zero-order valence-corrected chi connectivity index (χ0v) is 10.0. The largest absolute Gasteiger partial charge is 0.333 e. The minimum absolute atomic E-state index is 0.366. The SMILES string of the molecule is Cc1ccc(C(C)C)cc1CNC(=O)NN. The fraction of sp³-hybridized carbons (Fsp3) is 0.417. The maximum absolute atomic E-state index is 11.0. The Bertz CT molecular complexity index is 375. The summed E-state index contributed by atoms with van der Waals surface area (Å²) in [5, 5.41) is 2.68. The van der Waals surface area contributed by atoms with E-state index in [-0.39, 0.29) is 6.03 Å². The first kappa shape index (κ1) is 12.5. The Labute approximate surface area is 96.2 Å². The van der Waals surface area contributed by atoms with Gasteiger partial charge in [0.2, 0.25) is 0 Å². The molecule has 88 valence electrons. The van der Waals surface area contributed by atoms with Crippen molar-refractivity contribution in [1.82, 2.24) is 10.7 Å². The summed E-state index contributed by atoms with van der Waals surface area (Å²) in [7, 11) is 0. The van der Waals surface area contributed by atoms with Crippen LogP contribution < -0.4 is 16.6 Å². The minimum Gasteiger partial charge on any atom is -0.333 e. The summed E-state index contributed by atoms with van der Waals surface area (Å²) in [5.41, 5.74) is 5.60. The van der Waals surface area contributed by atoms with Gasteiger partial charge in [-0.05, 0) is 29.5 Å². The zero-order valence-electron chi connectivity index (χ0n) is 10.0. The van der Waals surface area contributed by atoms with Crippen molar-refractivity contribution in [2.24, 2.45) is 5.84 Å². The van der Waals surface area contributed by atoms with Crippen molar-refractivity contribution in [3.63, 3.8) is 0 Å². The number of carbonyl (C=O) groups is 1. The fourth-order valence-corrected chi connectivity index (χ4v) is 1.47.